The minimum atomic E-state index is -0.567. The Morgan fingerprint density at radius 1 is 1.37 bits per heavy atom. The van der Waals surface area contributed by atoms with Crippen molar-refractivity contribution < 1.29 is 9.90 Å². The highest BCUT2D eigenvalue weighted by molar-refractivity contribution is 9.09. The molecular formula is C15H22BrClO2. The van der Waals surface area contributed by atoms with E-state index in [1.165, 1.54) is 0 Å². The van der Waals surface area contributed by atoms with Crippen molar-refractivity contribution in [3.8, 4) is 0 Å². The van der Waals surface area contributed by atoms with Gasteiger partial charge in [0.05, 0.1) is 11.0 Å². The molecule has 0 aromatic heterocycles. The average molecular weight is 350 g/mol. The Morgan fingerprint density at radius 2 is 1.95 bits per heavy atom. The monoisotopic (exact) mass is 348 g/mol. The fraction of sp³-hybridized carbons (Fsp3) is 0.800. The van der Waals surface area contributed by atoms with Crippen molar-refractivity contribution in [1.29, 1.82) is 0 Å². The van der Waals surface area contributed by atoms with Crippen LogP contribution in [0.2, 0.25) is 0 Å². The van der Waals surface area contributed by atoms with Crippen LogP contribution in [0.4, 0.5) is 0 Å². The zero-order valence-electron chi connectivity index (χ0n) is 11.9. The molecule has 0 amide bonds. The van der Waals surface area contributed by atoms with E-state index in [9.17, 15) is 9.90 Å². The second kappa shape index (κ2) is 4.57. The molecule has 0 unspecified atom stereocenters. The Labute approximate surface area is 128 Å². The van der Waals surface area contributed by atoms with Gasteiger partial charge in [0.25, 0.3) is 0 Å². The predicted octanol–water partition coefficient (Wildman–Crippen LogP) is 3.69. The lowest BCUT2D eigenvalue weighted by atomic mass is 9.48. The maximum atomic E-state index is 12.1. The molecule has 108 valence electrons. The highest BCUT2D eigenvalue weighted by Gasteiger charge is 2.61. The summed E-state index contributed by atoms with van der Waals surface area (Å²) in [5, 5.41) is 10.8. The van der Waals surface area contributed by atoms with Crippen LogP contribution in [0.25, 0.3) is 0 Å². The summed E-state index contributed by atoms with van der Waals surface area (Å²) in [5.41, 5.74) is -0.666. The van der Waals surface area contributed by atoms with E-state index in [1.54, 1.807) is 6.08 Å². The molecule has 0 aliphatic heterocycles. The molecule has 0 aromatic carbocycles. The number of ketones is 1. The molecular weight excluding hydrogens is 328 g/mol. The Hall–Kier alpha value is 0.140. The molecule has 1 saturated carbocycles. The van der Waals surface area contributed by atoms with Crippen molar-refractivity contribution in [1.82, 2.24) is 0 Å². The van der Waals surface area contributed by atoms with Crippen LogP contribution in [0.5, 0.6) is 0 Å². The molecule has 2 nitrogen and oxygen atoms in total. The summed E-state index contributed by atoms with van der Waals surface area (Å²) in [4.78, 5) is 11.7. The minimum absolute atomic E-state index is 0.0890. The summed E-state index contributed by atoms with van der Waals surface area (Å²) in [5.74, 6) is -0.0773. The van der Waals surface area contributed by atoms with Crippen molar-refractivity contribution in [3.63, 3.8) is 0 Å². The highest BCUT2D eigenvalue weighted by atomic mass is 79.9. The molecule has 1 fully saturated rings. The molecule has 4 heteroatoms. The molecule has 1 N–H and O–H groups in total. The SMILES string of the molecule is C[C@H]1C(=O)C=CC(C)(C)[C@]12C[C@H](Br)[C@@](C)(Cl)C[C@H]2O. The van der Waals surface area contributed by atoms with Crippen LogP contribution in [0.1, 0.15) is 40.5 Å². The second-order valence-electron chi connectivity index (χ2n) is 6.89. The van der Waals surface area contributed by atoms with Crippen LogP contribution < -0.4 is 0 Å². The summed E-state index contributed by atoms with van der Waals surface area (Å²) < 4.78 is 0. The summed E-state index contributed by atoms with van der Waals surface area (Å²) in [6, 6.07) is 0. The number of rotatable bonds is 0. The van der Waals surface area contributed by atoms with Crippen molar-refractivity contribution in [3.05, 3.63) is 12.2 Å². The number of halogens is 2. The van der Waals surface area contributed by atoms with Crippen molar-refractivity contribution in [2.75, 3.05) is 0 Å². The third-order valence-corrected chi connectivity index (χ3v) is 7.44. The summed E-state index contributed by atoms with van der Waals surface area (Å²) in [6.45, 7) is 8.09. The van der Waals surface area contributed by atoms with Gasteiger partial charge in [-0.25, -0.2) is 0 Å². The van der Waals surface area contributed by atoms with Crippen LogP contribution in [0.15, 0.2) is 12.2 Å². The maximum Gasteiger partial charge on any atom is 0.158 e. The van der Waals surface area contributed by atoms with Crippen LogP contribution >= 0.6 is 27.5 Å². The van der Waals surface area contributed by atoms with E-state index in [-0.39, 0.29) is 21.9 Å². The average Bonchev–Trinajstić information content (AvgIpc) is 2.27. The Morgan fingerprint density at radius 3 is 2.53 bits per heavy atom. The van der Waals surface area contributed by atoms with Gasteiger partial charge in [0, 0.05) is 16.2 Å². The first-order chi connectivity index (χ1) is 8.54. The lowest BCUT2D eigenvalue weighted by Gasteiger charge is -2.59. The minimum Gasteiger partial charge on any atom is -0.392 e. The molecule has 5 atom stereocenters. The molecule has 0 saturated heterocycles. The van der Waals surface area contributed by atoms with Gasteiger partial charge in [0.2, 0.25) is 0 Å². The van der Waals surface area contributed by atoms with E-state index in [0.29, 0.717) is 12.8 Å². The zero-order chi connectivity index (χ0) is 14.6. The van der Waals surface area contributed by atoms with Crippen LogP contribution in [0, 0.1) is 16.7 Å². The number of carbonyl (C=O) groups excluding carboxylic acids is 1. The fourth-order valence-corrected chi connectivity index (χ4v) is 4.84. The van der Waals surface area contributed by atoms with Gasteiger partial charge in [-0.15, -0.1) is 11.6 Å². The molecule has 0 bridgehead atoms. The molecule has 0 radical (unpaired) electrons. The van der Waals surface area contributed by atoms with Gasteiger partial charge in [-0.3, -0.25) is 4.79 Å². The molecule has 2 aliphatic rings. The van der Waals surface area contributed by atoms with Crippen LogP contribution in [0.3, 0.4) is 0 Å². The van der Waals surface area contributed by atoms with Crippen molar-refractivity contribution in [2.24, 2.45) is 16.7 Å². The van der Waals surface area contributed by atoms with Gasteiger partial charge in [0.15, 0.2) is 5.78 Å². The van der Waals surface area contributed by atoms with Gasteiger partial charge in [-0.05, 0) is 31.3 Å². The number of allylic oxidation sites excluding steroid dienone is 2. The van der Waals surface area contributed by atoms with E-state index in [0.717, 1.165) is 0 Å². The van der Waals surface area contributed by atoms with E-state index in [2.05, 4.69) is 29.8 Å². The number of hydrogen-bond donors (Lipinski definition) is 1. The first kappa shape index (κ1) is 15.5. The molecule has 19 heavy (non-hydrogen) atoms. The Bertz CT molecular complexity index is 430. The van der Waals surface area contributed by atoms with Gasteiger partial charge < -0.3 is 5.11 Å². The maximum absolute atomic E-state index is 12.1. The summed E-state index contributed by atoms with van der Waals surface area (Å²) in [7, 11) is 0. The summed E-state index contributed by atoms with van der Waals surface area (Å²) >= 11 is 10.2. The predicted molar refractivity (Wildman–Crippen MR) is 81.7 cm³/mol. The zero-order valence-corrected chi connectivity index (χ0v) is 14.3. The molecule has 2 rings (SSSR count). The topological polar surface area (TPSA) is 37.3 Å². The van der Waals surface area contributed by atoms with Crippen molar-refractivity contribution >= 4 is 33.3 Å². The van der Waals surface area contributed by atoms with Crippen LogP contribution in [-0.4, -0.2) is 26.7 Å². The molecule has 0 aromatic rings. The molecule has 2 aliphatic carbocycles. The van der Waals surface area contributed by atoms with E-state index in [1.807, 2.05) is 19.9 Å². The Balaban J connectivity index is 2.51. The van der Waals surface area contributed by atoms with Gasteiger partial charge in [0.1, 0.15) is 0 Å². The highest BCUT2D eigenvalue weighted by Crippen LogP contribution is 2.60. The lowest BCUT2D eigenvalue weighted by Crippen LogP contribution is -2.61. The Kier molecular flexibility index (Phi) is 3.74. The number of alkyl halides is 2. The molecule has 0 heterocycles. The van der Waals surface area contributed by atoms with E-state index in [4.69, 9.17) is 11.6 Å². The number of hydrogen-bond acceptors (Lipinski definition) is 2. The van der Waals surface area contributed by atoms with Gasteiger partial charge >= 0.3 is 0 Å². The number of aliphatic hydroxyl groups is 1. The number of aliphatic hydroxyl groups excluding tert-OH is 1. The fourth-order valence-electron chi connectivity index (χ4n) is 3.89. The first-order valence-electron chi connectivity index (χ1n) is 6.79. The second-order valence-corrected chi connectivity index (χ2v) is 8.86. The third kappa shape index (κ3) is 2.13. The largest absolute Gasteiger partial charge is 0.392 e. The van der Waals surface area contributed by atoms with E-state index >= 15 is 0 Å². The lowest BCUT2D eigenvalue weighted by molar-refractivity contribution is -0.146. The van der Waals surface area contributed by atoms with Crippen LogP contribution in [-0.2, 0) is 4.79 Å². The first-order valence-corrected chi connectivity index (χ1v) is 8.08. The van der Waals surface area contributed by atoms with Gasteiger partial charge in [-0.1, -0.05) is 42.8 Å². The van der Waals surface area contributed by atoms with Gasteiger partial charge in [-0.2, -0.15) is 0 Å². The van der Waals surface area contributed by atoms with Crippen molar-refractivity contribution in [2.45, 2.75) is 56.3 Å². The standard InChI is InChI=1S/C15H22BrClO2/c1-9-10(18)5-6-13(2,3)15(9)7-11(16)14(4,17)8-12(15)19/h5-6,9,11-12,19H,7-8H2,1-4H3/t9-,11-,12+,14-,15+/m0/s1. The third-order valence-electron chi connectivity index (χ3n) is 5.42. The quantitative estimate of drug-likeness (QED) is 0.677. The molecule has 1 spiro atoms. The normalized spacial score (nSPS) is 49.6. The summed E-state index contributed by atoms with van der Waals surface area (Å²) in [6.07, 6.45) is 4.26. The number of carbonyl (C=O) groups is 1. The van der Waals surface area contributed by atoms with E-state index < -0.39 is 16.4 Å². The smallest absolute Gasteiger partial charge is 0.158 e.